The van der Waals surface area contributed by atoms with Gasteiger partial charge in [0.1, 0.15) is 0 Å². The summed E-state index contributed by atoms with van der Waals surface area (Å²) in [5.41, 5.74) is 0. The molecule has 1 atom stereocenters. The van der Waals surface area contributed by atoms with Crippen LogP contribution in [0.3, 0.4) is 0 Å². The molecule has 0 saturated heterocycles. The van der Waals surface area contributed by atoms with Gasteiger partial charge in [-0.05, 0) is 18.8 Å². The van der Waals surface area contributed by atoms with Gasteiger partial charge in [0.25, 0.3) is 0 Å². The van der Waals surface area contributed by atoms with Gasteiger partial charge < -0.3 is 21.9 Å². The molecule has 0 amide bonds. The quantitative estimate of drug-likeness (QED) is 0.278. The normalized spacial score (nSPS) is 12.3. The summed E-state index contributed by atoms with van der Waals surface area (Å²) < 4.78 is 0. The van der Waals surface area contributed by atoms with Crippen molar-refractivity contribution in [3.05, 3.63) is 0 Å². The topological polar surface area (TPSA) is 4.44 Å². The molecule has 0 aromatic rings. The maximum absolute atomic E-state index is 2.36. The fourth-order valence-electron chi connectivity index (χ4n) is 4.03. The predicted octanol–water partition coefficient (Wildman–Crippen LogP) is 3.81. The molecular weight excluding hydrogens is 382 g/mol. The first-order valence-corrected chi connectivity index (χ1v) is 12.0. The average Bonchev–Trinajstić information content (AvgIpc) is 2.59. The van der Waals surface area contributed by atoms with E-state index in [2.05, 4.69) is 27.9 Å². The highest BCUT2D eigenvalue weighted by Gasteiger charge is 2.08. The third-order valence-corrected chi connectivity index (χ3v) is 5.70. The van der Waals surface area contributed by atoms with Crippen molar-refractivity contribution in [2.75, 3.05) is 20.6 Å². The lowest BCUT2D eigenvalue weighted by Gasteiger charge is -2.16. The largest absolute Gasteiger partial charge is 1.00 e. The van der Waals surface area contributed by atoms with Crippen molar-refractivity contribution in [1.82, 2.24) is 0 Å². The molecule has 160 valence electrons. The molecule has 0 aromatic carbocycles. The first-order valence-electron chi connectivity index (χ1n) is 12.0. The van der Waals surface area contributed by atoms with Crippen LogP contribution < -0.4 is 21.9 Å². The zero-order valence-corrected chi connectivity index (χ0v) is 20.5. The summed E-state index contributed by atoms with van der Waals surface area (Å²) in [6, 6.07) is 0. The highest BCUT2D eigenvalue weighted by atomic mass is 79.9. The summed E-state index contributed by atoms with van der Waals surface area (Å²) in [7, 11) is 4.55. The summed E-state index contributed by atoms with van der Waals surface area (Å²) in [5.74, 6) is 1.02. The number of nitrogens with one attached hydrogen (secondary N) is 1. The van der Waals surface area contributed by atoms with E-state index in [1.165, 1.54) is 122 Å². The molecule has 2 heteroatoms. The van der Waals surface area contributed by atoms with Gasteiger partial charge in [-0.2, -0.15) is 0 Å². The molecule has 1 N–H and O–H groups in total. The van der Waals surface area contributed by atoms with Gasteiger partial charge >= 0.3 is 0 Å². The molecule has 0 saturated carbocycles. The number of hydrogen-bond donors (Lipinski definition) is 1. The second-order valence-corrected chi connectivity index (χ2v) is 8.79. The maximum atomic E-state index is 2.36. The van der Waals surface area contributed by atoms with Gasteiger partial charge in [-0.15, -0.1) is 0 Å². The van der Waals surface area contributed by atoms with E-state index in [1.807, 2.05) is 0 Å². The fraction of sp³-hybridized carbons (Fsp3) is 1.00. The second kappa shape index (κ2) is 23.5. The van der Waals surface area contributed by atoms with E-state index in [-0.39, 0.29) is 17.0 Å². The number of hydrogen-bond acceptors (Lipinski definition) is 0. The molecule has 0 aliphatic rings. The molecule has 0 aliphatic heterocycles. The van der Waals surface area contributed by atoms with Crippen LogP contribution in [0.4, 0.5) is 0 Å². The third kappa shape index (κ3) is 22.5. The molecule has 0 rings (SSSR count). The van der Waals surface area contributed by atoms with E-state index in [0.29, 0.717) is 0 Å². The Hall–Kier alpha value is 0.440. The van der Waals surface area contributed by atoms with E-state index in [1.54, 1.807) is 4.90 Å². The fourth-order valence-corrected chi connectivity index (χ4v) is 4.03. The first kappa shape index (κ1) is 28.6. The van der Waals surface area contributed by atoms with Crippen molar-refractivity contribution in [1.29, 1.82) is 0 Å². The second-order valence-electron chi connectivity index (χ2n) is 8.79. The molecule has 1 unspecified atom stereocenters. The predicted molar refractivity (Wildman–Crippen MR) is 116 cm³/mol. The highest BCUT2D eigenvalue weighted by Crippen LogP contribution is 2.22. The van der Waals surface area contributed by atoms with E-state index < -0.39 is 0 Å². The Labute approximate surface area is 177 Å². The number of quaternary nitrogens is 1. The van der Waals surface area contributed by atoms with Crippen LogP contribution in [0.25, 0.3) is 0 Å². The molecule has 0 heterocycles. The van der Waals surface area contributed by atoms with Crippen molar-refractivity contribution < 1.29 is 21.9 Å². The summed E-state index contributed by atoms with van der Waals surface area (Å²) in [6.07, 6.45) is 26.3. The lowest BCUT2D eigenvalue weighted by molar-refractivity contribution is -0.858. The number of rotatable bonds is 20. The SMILES string of the molecule is CCCCCCCCCCCCCCC(CCC)CCCC[NH+](C)C.[Br-]. The van der Waals surface area contributed by atoms with Crippen LogP contribution in [0.1, 0.15) is 129 Å². The minimum Gasteiger partial charge on any atom is -1.00 e. The van der Waals surface area contributed by atoms with E-state index >= 15 is 0 Å². The Morgan fingerprint density at radius 1 is 0.500 bits per heavy atom. The lowest BCUT2D eigenvalue weighted by Crippen LogP contribution is -3.05. The Bertz CT molecular complexity index is 242. The molecular formula is C24H52BrN. The van der Waals surface area contributed by atoms with Crippen molar-refractivity contribution in [2.45, 2.75) is 129 Å². The summed E-state index contributed by atoms with van der Waals surface area (Å²) in [6.45, 7) is 6.01. The monoisotopic (exact) mass is 433 g/mol. The van der Waals surface area contributed by atoms with Crippen LogP contribution in [0, 0.1) is 5.92 Å². The van der Waals surface area contributed by atoms with Crippen LogP contribution in [0.15, 0.2) is 0 Å². The number of unbranched alkanes of at least 4 members (excludes halogenated alkanes) is 12. The Kier molecular flexibility index (Phi) is 25.9. The molecule has 0 spiro atoms. The van der Waals surface area contributed by atoms with Gasteiger partial charge in [0, 0.05) is 0 Å². The smallest absolute Gasteiger partial charge is 0.0766 e. The summed E-state index contributed by atoms with van der Waals surface area (Å²) >= 11 is 0. The van der Waals surface area contributed by atoms with Gasteiger partial charge in [0.15, 0.2) is 0 Å². The van der Waals surface area contributed by atoms with Gasteiger partial charge in [-0.25, -0.2) is 0 Å². The van der Waals surface area contributed by atoms with Crippen molar-refractivity contribution in [2.24, 2.45) is 5.92 Å². The minimum absolute atomic E-state index is 0. The maximum Gasteiger partial charge on any atom is 0.0766 e. The first-order chi connectivity index (χ1) is 12.2. The van der Waals surface area contributed by atoms with Crippen LogP contribution in [-0.4, -0.2) is 20.6 Å². The Morgan fingerprint density at radius 2 is 0.923 bits per heavy atom. The van der Waals surface area contributed by atoms with Gasteiger partial charge in [0.2, 0.25) is 0 Å². The van der Waals surface area contributed by atoms with Gasteiger partial charge in [-0.3, -0.25) is 0 Å². The Morgan fingerprint density at radius 3 is 1.35 bits per heavy atom. The van der Waals surface area contributed by atoms with Crippen LogP contribution in [0.2, 0.25) is 0 Å². The third-order valence-electron chi connectivity index (χ3n) is 5.70. The van der Waals surface area contributed by atoms with Crippen LogP contribution >= 0.6 is 0 Å². The average molecular weight is 435 g/mol. The summed E-state index contributed by atoms with van der Waals surface area (Å²) in [4.78, 5) is 1.60. The highest BCUT2D eigenvalue weighted by molar-refractivity contribution is 4.60. The van der Waals surface area contributed by atoms with Crippen LogP contribution in [-0.2, 0) is 0 Å². The van der Waals surface area contributed by atoms with Crippen molar-refractivity contribution in [3.8, 4) is 0 Å². The van der Waals surface area contributed by atoms with Crippen molar-refractivity contribution >= 4 is 0 Å². The van der Waals surface area contributed by atoms with Gasteiger partial charge in [-0.1, -0.05) is 117 Å². The Balaban J connectivity index is 0. The zero-order chi connectivity index (χ0) is 18.6. The van der Waals surface area contributed by atoms with E-state index in [4.69, 9.17) is 0 Å². The molecule has 0 aromatic heterocycles. The standard InChI is InChI=1S/C24H51N.BrH/c1-5-7-8-9-10-11-12-13-14-15-16-17-21-24(20-6-2)22-18-19-23-25(3)4;/h24H,5-23H2,1-4H3;1H. The van der Waals surface area contributed by atoms with Crippen LogP contribution in [0.5, 0.6) is 0 Å². The molecule has 0 radical (unpaired) electrons. The molecule has 1 nitrogen and oxygen atoms in total. The molecule has 0 bridgehead atoms. The van der Waals surface area contributed by atoms with Gasteiger partial charge in [0.05, 0.1) is 20.6 Å². The molecule has 26 heavy (non-hydrogen) atoms. The van der Waals surface area contributed by atoms with E-state index in [0.717, 1.165) is 5.92 Å². The molecule has 0 fully saturated rings. The summed E-state index contributed by atoms with van der Waals surface area (Å²) in [5, 5.41) is 0. The lowest BCUT2D eigenvalue weighted by atomic mass is 9.91. The minimum atomic E-state index is 0. The van der Waals surface area contributed by atoms with Crippen molar-refractivity contribution in [3.63, 3.8) is 0 Å². The van der Waals surface area contributed by atoms with E-state index in [9.17, 15) is 0 Å². The number of halogens is 1. The zero-order valence-electron chi connectivity index (χ0n) is 18.9. The molecule has 0 aliphatic carbocycles.